The number of hydrogen-bond donors (Lipinski definition) is 1. The van der Waals surface area contributed by atoms with E-state index in [9.17, 15) is 14.9 Å². The summed E-state index contributed by atoms with van der Waals surface area (Å²) in [6.45, 7) is 3.96. The molecule has 0 heterocycles. The number of rotatable bonds is 5. The van der Waals surface area contributed by atoms with E-state index < -0.39 is 4.92 Å². The smallest absolute Gasteiger partial charge is 0.270 e. The molecule has 0 saturated carbocycles. The van der Waals surface area contributed by atoms with Gasteiger partial charge in [0.2, 0.25) is 5.91 Å². The van der Waals surface area contributed by atoms with E-state index in [1.807, 2.05) is 32.0 Å². The number of hydrazone groups is 1. The van der Waals surface area contributed by atoms with Gasteiger partial charge in [-0.3, -0.25) is 14.9 Å². The van der Waals surface area contributed by atoms with Crippen LogP contribution in [0.3, 0.4) is 0 Å². The first-order valence-electron chi connectivity index (χ1n) is 7.08. The number of nitro benzene ring substituents is 1. The Bertz CT molecular complexity index is 769. The first-order valence-corrected chi connectivity index (χ1v) is 7.08. The van der Waals surface area contributed by atoms with Crippen molar-refractivity contribution in [1.29, 1.82) is 0 Å². The summed E-state index contributed by atoms with van der Waals surface area (Å²) in [7, 11) is 0. The fraction of sp³-hybridized carbons (Fsp3) is 0.176. The quantitative estimate of drug-likeness (QED) is 0.523. The van der Waals surface area contributed by atoms with E-state index in [1.54, 1.807) is 12.1 Å². The highest BCUT2D eigenvalue weighted by molar-refractivity contribution is 5.84. The van der Waals surface area contributed by atoms with Gasteiger partial charge in [-0.2, -0.15) is 5.10 Å². The van der Waals surface area contributed by atoms with Gasteiger partial charge in [-0.15, -0.1) is 0 Å². The first-order chi connectivity index (χ1) is 11.0. The average Bonchev–Trinajstić information content (AvgIpc) is 2.50. The van der Waals surface area contributed by atoms with Gasteiger partial charge in [0.1, 0.15) is 0 Å². The predicted molar refractivity (Wildman–Crippen MR) is 88.5 cm³/mol. The number of hydrogen-bond acceptors (Lipinski definition) is 4. The molecule has 0 aliphatic rings. The maximum absolute atomic E-state index is 11.9. The molecule has 0 unspecified atom stereocenters. The number of nitrogens with zero attached hydrogens (tertiary/aromatic N) is 2. The Morgan fingerprint density at radius 1 is 1.26 bits per heavy atom. The van der Waals surface area contributed by atoms with Gasteiger partial charge in [0, 0.05) is 17.7 Å². The summed E-state index contributed by atoms with van der Waals surface area (Å²) >= 11 is 0. The fourth-order valence-electron chi connectivity index (χ4n) is 2.15. The van der Waals surface area contributed by atoms with E-state index in [-0.39, 0.29) is 18.0 Å². The maximum Gasteiger partial charge on any atom is 0.270 e. The van der Waals surface area contributed by atoms with Crippen LogP contribution >= 0.6 is 0 Å². The van der Waals surface area contributed by atoms with Crippen LogP contribution in [0.25, 0.3) is 0 Å². The van der Waals surface area contributed by atoms with Gasteiger partial charge in [0.05, 0.1) is 17.6 Å². The lowest BCUT2D eigenvalue weighted by atomic mass is 10.0. The van der Waals surface area contributed by atoms with E-state index in [0.717, 1.165) is 16.7 Å². The van der Waals surface area contributed by atoms with Crippen molar-refractivity contribution in [3.63, 3.8) is 0 Å². The van der Waals surface area contributed by atoms with Crippen LogP contribution in [-0.2, 0) is 11.2 Å². The molecule has 2 rings (SSSR count). The third-order valence-electron chi connectivity index (χ3n) is 3.33. The molecular formula is C17H17N3O3. The van der Waals surface area contributed by atoms with Crippen LogP contribution < -0.4 is 5.43 Å². The summed E-state index contributed by atoms with van der Waals surface area (Å²) in [6.07, 6.45) is 1.62. The lowest BCUT2D eigenvalue weighted by Gasteiger charge is -2.05. The molecule has 2 aromatic carbocycles. The van der Waals surface area contributed by atoms with E-state index in [2.05, 4.69) is 10.5 Å². The minimum atomic E-state index is -0.476. The molecule has 1 N–H and O–H groups in total. The number of nitrogens with one attached hydrogen (secondary N) is 1. The lowest BCUT2D eigenvalue weighted by molar-refractivity contribution is -0.384. The highest BCUT2D eigenvalue weighted by Crippen LogP contribution is 2.12. The van der Waals surface area contributed by atoms with Crippen LogP contribution in [0.2, 0.25) is 0 Å². The maximum atomic E-state index is 11.9. The zero-order chi connectivity index (χ0) is 16.8. The second-order valence-corrected chi connectivity index (χ2v) is 5.25. The Balaban J connectivity index is 1.96. The van der Waals surface area contributed by atoms with Gasteiger partial charge in [-0.1, -0.05) is 35.9 Å². The van der Waals surface area contributed by atoms with Crippen molar-refractivity contribution in [3.8, 4) is 0 Å². The summed E-state index contributed by atoms with van der Waals surface area (Å²) in [4.78, 5) is 22.1. The second-order valence-electron chi connectivity index (χ2n) is 5.25. The normalized spacial score (nSPS) is 10.7. The molecular weight excluding hydrogens is 294 g/mol. The minimum Gasteiger partial charge on any atom is -0.273 e. The zero-order valence-corrected chi connectivity index (χ0v) is 12.9. The molecule has 0 atom stereocenters. The first kappa shape index (κ1) is 16.4. The number of carbonyl (C=O) groups is 1. The Hall–Kier alpha value is -3.02. The van der Waals surface area contributed by atoms with Crippen LogP contribution in [0.4, 0.5) is 5.69 Å². The topological polar surface area (TPSA) is 84.6 Å². The molecule has 0 radical (unpaired) electrons. The Labute approximate surface area is 134 Å². The number of carbonyl (C=O) groups excluding carboxylic acids is 1. The summed E-state index contributed by atoms with van der Waals surface area (Å²) < 4.78 is 0. The van der Waals surface area contributed by atoms with Crippen LogP contribution in [0.5, 0.6) is 0 Å². The Morgan fingerprint density at radius 2 is 2.04 bits per heavy atom. The summed E-state index contributed by atoms with van der Waals surface area (Å²) in [6, 6.07) is 11.9. The van der Waals surface area contributed by atoms with Crippen molar-refractivity contribution in [1.82, 2.24) is 5.43 Å². The zero-order valence-electron chi connectivity index (χ0n) is 12.9. The molecule has 23 heavy (non-hydrogen) atoms. The fourth-order valence-corrected chi connectivity index (χ4v) is 2.15. The number of nitro groups is 1. The molecule has 0 saturated heterocycles. The number of amides is 1. The standard InChI is InChI=1S/C17H17N3O3/c1-12-6-7-15(13(2)8-12)10-17(21)19-18-11-14-4-3-5-16(9-14)20(22)23/h3-9,11H,10H2,1-2H3,(H,19,21)/b18-11-. The molecule has 0 aromatic heterocycles. The molecule has 1 amide bonds. The van der Waals surface area contributed by atoms with Gasteiger partial charge >= 0.3 is 0 Å². The van der Waals surface area contributed by atoms with E-state index >= 15 is 0 Å². The van der Waals surface area contributed by atoms with E-state index in [1.165, 1.54) is 18.3 Å². The lowest BCUT2D eigenvalue weighted by Crippen LogP contribution is -2.20. The number of aryl methyl sites for hydroxylation is 2. The highest BCUT2D eigenvalue weighted by Gasteiger charge is 2.06. The van der Waals surface area contributed by atoms with Crippen molar-refractivity contribution in [2.45, 2.75) is 20.3 Å². The third kappa shape index (κ3) is 4.74. The largest absolute Gasteiger partial charge is 0.273 e. The van der Waals surface area contributed by atoms with Crippen molar-refractivity contribution in [2.75, 3.05) is 0 Å². The van der Waals surface area contributed by atoms with Gasteiger partial charge in [-0.25, -0.2) is 5.43 Å². The average molecular weight is 311 g/mol. The number of benzene rings is 2. The molecule has 0 bridgehead atoms. The summed E-state index contributed by atoms with van der Waals surface area (Å²) in [5, 5.41) is 14.5. The molecule has 0 spiro atoms. The monoisotopic (exact) mass is 311 g/mol. The Morgan fingerprint density at radius 3 is 2.74 bits per heavy atom. The van der Waals surface area contributed by atoms with Crippen LogP contribution in [-0.4, -0.2) is 17.0 Å². The third-order valence-corrected chi connectivity index (χ3v) is 3.33. The van der Waals surface area contributed by atoms with Crippen LogP contribution in [0.15, 0.2) is 47.6 Å². The van der Waals surface area contributed by atoms with E-state index in [0.29, 0.717) is 5.56 Å². The molecule has 6 nitrogen and oxygen atoms in total. The van der Waals surface area contributed by atoms with Crippen molar-refractivity contribution >= 4 is 17.8 Å². The van der Waals surface area contributed by atoms with Crippen LogP contribution in [0, 0.1) is 24.0 Å². The molecule has 0 aliphatic heterocycles. The molecule has 2 aromatic rings. The minimum absolute atomic E-state index is 0.0180. The molecule has 6 heteroatoms. The van der Waals surface area contributed by atoms with Crippen molar-refractivity contribution in [3.05, 3.63) is 74.8 Å². The second kappa shape index (κ2) is 7.31. The van der Waals surface area contributed by atoms with Gasteiger partial charge in [0.15, 0.2) is 0 Å². The highest BCUT2D eigenvalue weighted by atomic mass is 16.6. The number of non-ortho nitro benzene ring substituents is 1. The van der Waals surface area contributed by atoms with Gasteiger partial charge in [-0.05, 0) is 25.0 Å². The van der Waals surface area contributed by atoms with Crippen LogP contribution in [0.1, 0.15) is 22.3 Å². The van der Waals surface area contributed by atoms with E-state index in [4.69, 9.17) is 0 Å². The van der Waals surface area contributed by atoms with Gasteiger partial charge in [0.25, 0.3) is 5.69 Å². The molecule has 0 fully saturated rings. The molecule has 118 valence electrons. The van der Waals surface area contributed by atoms with Gasteiger partial charge < -0.3 is 0 Å². The molecule has 0 aliphatic carbocycles. The predicted octanol–water partition coefficient (Wildman–Crippen LogP) is 2.90. The van der Waals surface area contributed by atoms with Crippen molar-refractivity contribution in [2.24, 2.45) is 5.10 Å². The van der Waals surface area contributed by atoms with Crippen molar-refractivity contribution < 1.29 is 9.72 Å². The SMILES string of the molecule is Cc1ccc(CC(=O)N/N=C\c2cccc([N+](=O)[O-])c2)c(C)c1. The summed E-state index contributed by atoms with van der Waals surface area (Å²) in [5.74, 6) is -0.237. The Kier molecular flexibility index (Phi) is 5.19. The summed E-state index contributed by atoms with van der Waals surface area (Å²) in [5.41, 5.74) is 6.11.